The van der Waals surface area contributed by atoms with Crippen molar-refractivity contribution in [1.29, 1.82) is 5.26 Å². The topological polar surface area (TPSA) is 83.4 Å². The molecule has 0 aromatic rings. The van der Waals surface area contributed by atoms with Crippen molar-refractivity contribution in [3.05, 3.63) is 11.8 Å². The fraction of sp³-hybridized carbons (Fsp3) is 0.714. The SMILES string of the molecule is CN(C)CCN/C=C(/C#N)C(=O)NCCN1CCNCC1. The minimum atomic E-state index is -0.315. The van der Waals surface area contributed by atoms with E-state index in [1.54, 1.807) is 0 Å². The number of nitrogens with one attached hydrogen (secondary N) is 3. The van der Waals surface area contributed by atoms with Crippen molar-refractivity contribution >= 4 is 5.91 Å². The average Bonchev–Trinajstić information content (AvgIpc) is 2.48. The van der Waals surface area contributed by atoms with E-state index in [2.05, 4.69) is 20.9 Å². The quantitative estimate of drug-likeness (QED) is 0.289. The van der Waals surface area contributed by atoms with Gasteiger partial charge in [0, 0.05) is 58.6 Å². The molecule has 0 aromatic carbocycles. The van der Waals surface area contributed by atoms with Gasteiger partial charge >= 0.3 is 0 Å². The van der Waals surface area contributed by atoms with Gasteiger partial charge in [-0.1, -0.05) is 0 Å². The van der Waals surface area contributed by atoms with Gasteiger partial charge in [0.1, 0.15) is 11.6 Å². The van der Waals surface area contributed by atoms with Crippen LogP contribution in [-0.2, 0) is 4.79 Å². The van der Waals surface area contributed by atoms with Gasteiger partial charge in [0.15, 0.2) is 0 Å². The molecule has 0 atom stereocenters. The van der Waals surface area contributed by atoms with Crippen LogP contribution in [-0.4, -0.2) is 82.2 Å². The molecule has 0 aromatic heterocycles. The summed E-state index contributed by atoms with van der Waals surface area (Å²) in [7, 11) is 3.94. The summed E-state index contributed by atoms with van der Waals surface area (Å²) >= 11 is 0. The van der Waals surface area contributed by atoms with Crippen molar-refractivity contribution in [2.45, 2.75) is 0 Å². The van der Waals surface area contributed by atoms with Gasteiger partial charge in [-0.3, -0.25) is 9.69 Å². The van der Waals surface area contributed by atoms with Crippen LogP contribution in [0.5, 0.6) is 0 Å². The van der Waals surface area contributed by atoms with Crippen molar-refractivity contribution in [3.63, 3.8) is 0 Å². The Hall–Kier alpha value is -1.62. The Morgan fingerprint density at radius 3 is 2.71 bits per heavy atom. The van der Waals surface area contributed by atoms with Crippen LogP contribution in [0.2, 0.25) is 0 Å². The average molecular weight is 294 g/mol. The van der Waals surface area contributed by atoms with Gasteiger partial charge in [0.25, 0.3) is 5.91 Å². The summed E-state index contributed by atoms with van der Waals surface area (Å²) in [4.78, 5) is 16.2. The molecular weight excluding hydrogens is 268 g/mol. The number of carbonyl (C=O) groups is 1. The molecule has 0 unspecified atom stereocenters. The summed E-state index contributed by atoms with van der Waals surface area (Å²) in [5.41, 5.74) is 0.120. The first kappa shape index (κ1) is 17.4. The second kappa shape index (κ2) is 10.2. The van der Waals surface area contributed by atoms with Gasteiger partial charge in [0.2, 0.25) is 0 Å². The smallest absolute Gasteiger partial charge is 0.263 e. The van der Waals surface area contributed by atoms with Gasteiger partial charge in [0.05, 0.1) is 0 Å². The van der Waals surface area contributed by atoms with Crippen LogP contribution in [0.1, 0.15) is 0 Å². The lowest BCUT2D eigenvalue weighted by molar-refractivity contribution is -0.117. The predicted molar refractivity (Wildman–Crippen MR) is 82.6 cm³/mol. The van der Waals surface area contributed by atoms with Crippen LogP contribution in [0.15, 0.2) is 11.8 Å². The lowest BCUT2D eigenvalue weighted by atomic mass is 10.3. The molecule has 0 bridgehead atoms. The number of likely N-dealkylation sites (N-methyl/N-ethyl adjacent to an activating group) is 1. The van der Waals surface area contributed by atoms with E-state index >= 15 is 0 Å². The maximum atomic E-state index is 11.9. The largest absolute Gasteiger partial charge is 0.388 e. The molecule has 118 valence electrons. The third kappa shape index (κ3) is 7.66. The maximum absolute atomic E-state index is 11.9. The Labute approximate surface area is 127 Å². The van der Waals surface area contributed by atoms with Crippen LogP contribution in [0.3, 0.4) is 0 Å². The summed E-state index contributed by atoms with van der Waals surface area (Å²) < 4.78 is 0. The zero-order valence-corrected chi connectivity index (χ0v) is 13.0. The van der Waals surface area contributed by atoms with Crippen LogP contribution in [0, 0.1) is 11.3 Å². The highest BCUT2D eigenvalue weighted by Crippen LogP contribution is 1.93. The summed E-state index contributed by atoms with van der Waals surface area (Å²) in [5.74, 6) is -0.315. The number of piperazine rings is 1. The van der Waals surface area contributed by atoms with Crippen LogP contribution < -0.4 is 16.0 Å². The fourth-order valence-electron chi connectivity index (χ4n) is 1.97. The second-order valence-corrected chi connectivity index (χ2v) is 5.27. The molecule has 1 aliphatic heterocycles. The highest BCUT2D eigenvalue weighted by molar-refractivity contribution is 5.97. The molecule has 1 fully saturated rings. The van der Waals surface area contributed by atoms with Crippen LogP contribution >= 0.6 is 0 Å². The highest BCUT2D eigenvalue weighted by Gasteiger charge is 2.11. The summed E-state index contributed by atoms with van der Waals surface area (Å²) in [5, 5.41) is 18.1. The van der Waals surface area contributed by atoms with Gasteiger partial charge in [-0.2, -0.15) is 5.26 Å². The molecule has 0 radical (unpaired) electrons. The minimum absolute atomic E-state index is 0.120. The third-order valence-electron chi connectivity index (χ3n) is 3.24. The highest BCUT2D eigenvalue weighted by atomic mass is 16.1. The van der Waals surface area contributed by atoms with E-state index in [1.165, 1.54) is 6.20 Å². The third-order valence-corrected chi connectivity index (χ3v) is 3.24. The number of amides is 1. The first-order chi connectivity index (χ1) is 10.1. The van der Waals surface area contributed by atoms with E-state index in [9.17, 15) is 4.79 Å². The number of rotatable bonds is 8. The Balaban J connectivity index is 2.24. The van der Waals surface area contributed by atoms with E-state index in [-0.39, 0.29) is 11.5 Å². The first-order valence-electron chi connectivity index (χ1n) is 7.33. The standard InChI is InChI=1S/C14H26N6O/c1-19(2)7-3-17-12-13(11-15)14(21)18-6-10-20-8-4-16-5-9-20/h12,16-17H,3-10H2,1-2H3,(H,18,21)/b13-12-. The number of hydrogen-bond donors (Lipinski definition) is 3. The fourth-order valence-corrected chi connectivity index (χ4v) is 1.97. The van der Waals surface area contributed by atoms with Crippen molar-refractivity contribution in [2.24, 2.45) is 0 Å². The monoisotopic (exact) mass is 294 g/mol. The Morgan fingerprint density at radius 2 is 2.10 bits per heavy atom. The zero-order chi connectivity index (χ0) is 15.5. The van der Waals surface area contributed by atoms with E-state index in [0.717, 1.165) is 39.3 Å². The molecule has 1 rings (SSSR count). The molecule has 3 N–H and O–H groups in total. The molecule has 1 saturated heterocycles. The van der Waals surface area contributed by atoms with Crippen molar-refractivity contribution in [3.8, 4) is 6.07 Å². The van der Waals surface area contributed by atoms with Gasteiger partial charge in [-0.05, 0) is 14.1 Å². The Morgan fingerprint density at radius 1 is 1.38 bits per heavy atom. The molecule has 7 heteroatoms. The van der Waals surface area contributed by atoms with Crippen molar-refractivity contribution in [1.82, 2.24) is 25.8 Å². The molecule has 7 nitrogen and oxygen atoms in total. The van der Waals surface area contributed by atoms with E-state index in [1.807, 2.05) is 25.1 Å². The maximum Gasteiger partial charge on any atom is 0.263 e. The van der Waals surface area contributed by atoms with E-state index in [4.69, 9.17) is 5.26 Å². The number of hydrogen-bond acceptors (Lipinski definition) is 6. The summed E-state index contributed by atoms with van der Waals surface area (Å²) in [6.45, 7) is 6.92. The summed E-state index contributed by atoms with van der Waals surface area (Å²) in [6, 6.07) is 1.93. The number of nitriles is 1. The van der Waals surface area contributed by atoms with Crippen molar-refractivity contribution in [2.75, 3.05) is 66.5 Å². The minimum Gasteiger partial charge on any atom is -0.388 e. The van der Waals surface area contributed by atoms with Crippen LogP contribution in [0.25, 0.3) is 0 Å². The van der Waals surface area contributed by atoms with Crippen LogP contribution in [0.4, 0.5) is 0 Å². The first-order valence-corrected chi connectivity index (χ1v) is 7.33. The van der Waals surface area contributed by atoms with Gasteiger partial charge < -0.3 is 20.9 Å². The summed E-state index contributed by atoms with van der Waals surface area (Å²) in [6.07, 6.45) is 1.49. The van der Waals surface area contributed by atoms with Gasteiger partial charge in [-0.15, -0.1) is 0 Å². The molecule has 0 spiro atoms. The molecule has 1 heterocycles. The number of carbonyl (C=O) groups excluding carboxylic acids is 1. The van der Waals surface area contributed by atoms with Crippen molar-refractivity contribution < 1.29 is 4.79 Å². The second-order valence-electron chi connectivity index (χ2n) is 5.27. The zero-order valence-electron chi connectivity index (χ0n) is 13.0. The lowest BCUT2D eigenvalue weighted by Crippen LogP contribution is -2.46. The molecule has 1 amide bonds. The van der Waals surface area contributed by atoms with E-state index in [0.29, 0.717) is 13.1 Å². The molecule has 1 aliphatic rings. The molecule has 21 heavy (non-hydrogen) atoms. The molecule has 0 saturated carbocycles. The number of nitrogens with zero attached hydrogens (tertiary/aromatic N) is 3. The molecule has 0 aliphatic carbocycles. The predicted octanol–water partition coefficient (Wildman–Crippen LogP) is -1.43. The van der Waals surface area contributed by atoms with Gasteiger partial charge in [-0.25, -0.2) is 0 Å². The molecular formula is C14H26N6O. The van der Waals surface area contributed by atoms with E-state index < -0.39 is 0 Å². The Kier molecular flexibility index (Phi) is 8.43. The lowest BCUT2D eigenvalue weighted by Gasteiger charge is -2.27. The Bertz CT molecular complexity index is 381. The normalized spacial score (nSPS) is 16.6.